The van der Waals surface area contributed by atoms with E-state index in [1.165, 1.54) is 7.11 Å². The Labute approximate surface area is 154 Å². The Morgan fingerprint density at radius 1 is 1.23 bits per heavy atom. The van der Waals surface area contributed by atoms with Gasteiger partial charge in [0.05, 0.1) is 12.7 Å². The summed E-state index contributed by atoms with van der Waals surface area (Å²) in [6, 6.07) is 0. The van der Waals surface area contributed by atoms with Gasteiger partial charge in [-0.3, -0.25) is 4.79 Å². The number of nitrogens with zero attached hydrogens (tertiary/aromatic N) is 1. The predicted molar refractivity (Wildman–Crippen MR) is 96.1 cm³/mol. The molecule has 1 aromatic heterocycles. The molecule has 0 spiro atoms. The average molecular weight is 364 g/mol. The summed E-state index contributed by atoms with van der Waals surface area (Å²) in [6.07, 6.45) is 2.28. The molecule has 1 heterocycles. The van der Waals surface area contributed by atoms with Gasteiger partial charge in [-0.25, -0.2) is 9.59 Å². The van der Waals surface area contributed by atoms with Crippen LogP contribution in [0.15, 0.2) is 0 Å². The largest absolute Gasteiger partial charge is 0.465 e. The highest BCUT2D eigenvalue weighted by Crippen LogP contribution is 2.30. The summed E-state index contributed by atoms with van der Waals surface area (Å²) in [4.78, 5) is 41.6. The minimum atomic E-state index is -0.877. The van der Waals surface area contributed by atoms with E-state index in [9.17, 15) is 14.4 Å². The first-order chi connectivity index (χ1) is 12.3. The minimum Gasteiger partial charge on any atom is -0.465 e. The van der Waals surface area contributed by atoms with Gasteiger partial charge >= 0.3 is 11.9 Å². The van der Waals surface area contributed by atoms with E-state index in [4.69, 9.17) is 9.47 Å². The molecule has 0 radical (unpaired) electrons. The molecule has 0 saturated heterocycles. The molecule has 0 aliphatic heterocycles. The molecule has 1 aliphatic carbocycles. The van der Waals surface area contributed by atoms with Crippen molar-refractivity contribution in [1.29, 1.82) is 0 Å². The SMILES string of the molecule is CCCN(CC1CC1)C(=O)C(C)OC(=O)c1[nH]c(C)c(C(=O)OC)c1C. The predicted octanol–water partition coefficient (Wildman–Crippen LogP) is 2.61. The number of aryl methyl sites for hydroxylation is 1. The number of aromatic nitrogens is 1. The van der Waals surface area contributed by atoms with Gasteiger partial charge < -0.3 is 19.4 Å². The second-order valence-electron chi connectivity index (χ2n) is 6.89. The summed E-state index contributed by atoms with van der Waals surface area (Å²) in [5, 5.41) is 0. The lowest BCUT2D eigenvalue weighted by atomic mass is 10.1. The molecule has 7 heteroatoms. The molecule has 1 saturated carbocycles. The normalized spacial score (nSPS) is 14.7. The van der Waals surface area contributed by atoms with Gasteiger partial charge in [-0.1, -0.05) is 6.92 Å². The van der Waals surface area contributed by atoms with Gasteiger partial charge in [-0.05, 0) is 51.5 Å². The number of carbonyl (C=O) groups is 3. The molecule has 1 N–H and O–H groups in total. The second kappa shape index (κ2) is 8.38. The van der Waals surface area contributed by atoms with Gasteiger partial charge in [0.2, 0.25) is 0 Å². The fourth-order valence-electron chi connectivity index (χ4n) is 3.06. The fourth-order valence-corrected chi connectivity index (χ4v) is 3.06. The lowest BCUT2D eigenvalue weighted by Crippen LogP contribution is -2.41. The molecule has 0 bridgehead atoms. The van der Waals surface area contributed by atoms with Crippen LogP contribution in [0.2, 0.25) is 0 Å². The molecule has 1 atom stereocenters. The Bertz CT molecular complexity index is 690. The van der Waals surface area contributed by atoms with Crippen LogP contribution in [-0.2, 0) is 14.3 Å². The maximum atomic E-state index is 12.6. The number of H-pyrrole nitrogens is 1. The van der Waals surface area contributed by atoms with Crippen molar-refractivity contribution in [1.82, 2.24) is 9.88 Å². The van der Waals surface area contributed by atoms with Gasteiger partial charge in [-0.15, -0.1) is 0 Å². The number of ether oxygens (including phenoxy) is 2. The van der Waals surface area contributed by atoms with Gasteiger partial charge in [0.15, 0.2) is 6.10 Å². The first-order valence-corrected chi connectivity index (χ1v) is 9.07. The minimum absolute atomic E-state index is 0.173. The quantitative estimate of drug-likeness (QED) is 0.716. The van der Waals surface area contributed by atoms with Crippen LogP contribution in [0.25, 0.3) is 0 Å². The lowest BCUT2D eigenvalue weighted by molar-refractivity contribution is -0.140. The number of nitrogens with one attached hydrogen (secondary N) is 1. The highest BCUT2D eigenvalue weighted by atomic mass is 16.5. The highest BCUT2D eigenvalue weighted by Gasteiger charge is 2.31. The highest BCUT2D eigenvalue weighted by molar-refractivity contribution is 5.99. The third-order valence-electron chi connectivity index (χ3n) is 4.64. The lowest BCUT2D eigenvalue weighted by Gasteiger charge is -2.25. The van der Waals surface area contributed by atoms with Crippen LogP contribution >= 0.6 is 0 Å². The number of hydrogen-bond donors (Lipinski definition) is 1. The van der Waals surface area contributed by atoms with Crippen LogP contribution in [0.5, 0.6) is 0 Å². The first kappa shape index (κ1) is 20.0. The average Bonchev–Trinajstić information content (AvgIpc) is 3.36. The summed E-state index contributed by atoms with van der Waals surface area (Å²) in [6.45, 7) is 8.32. The monoisotopic (exact) mass is 364 g/mol. The van der Waals surface area contributed by atoms with Gasteiger partial charge in [0.1, 0.15) is 5.69 Å². The van der Waals surface area contributed by atoms with E-state index < -0.39 is 18.0 Å². The molecule has 2 rings (SSSR count). The summed E-state index contributed by atoms with van der Waals surface area (Å²) in [5.74, 6) is -0.770. The molecular formula is C19H28N2O5. The summed E-state index contributed by atoms with van der Waals surface area (Å²) >= 11 is 0. The number of amides is 1. The Kier molecular flexibility index (Phi) is 6.45. The molecule has 1 aliphatic rings. The van der Waals surface area contributed by atoms with Crippen molar-refractivity contribution in [3.63, 3.8) is 0 Å². The summed E-state index contributed by atoms with van der Waals surface area (Å²) < 4.78 is 10.1. The molecule has 26 heavy (non-hydrogen) atoms. The Hall–Kier alpha value is -2.31. The third kappa shape index (κ3) is 4.45. The van der Waals surface area contributed by atoms with Crippen molar-refractivity contribution in [3.8, 4) is 0 Å². The zero-order valence-electron chi connectivity index (χ0n) is 16.2. The molecule has 0 aromatic carbocycles. The van der Waals surface area contributed by atoms with Crippen molar-refractivity contribution in [2.45, 2.75) is 53.1 Å². The Balaban J connectivity index is 2.08. The van der Waals surface area contributed by atoms with E-state index in [1.54, 1.807) is 25.7 Å². The molecule has 1 amide bonds. The summed E-state index contributed by atoms with van der Waals surface area (Å²) in [7, 11) is 1.29. The van der Waals surface area contributed by atoms with Crippen molar-refractivity contribution in [2.75, 3.05) is 20.2 Å². The van der Waals surface area contributed by atoms with Crippen molar-refractivity contribution in [3.05, 3.63) is 22.5 Å². The third-order valence-corrected chi connectivity index (χ3v) is 4.64. The van der Waals surface area contributed by atoms with Crippen LogP contribution in [0.1, 0.15) is 65.2 Å². The van der Waals surface area contributed by atoms with Crippen LogP contribution in [-0.4, -0.2) is 54.0 Å². The molecule has 1 fully saturated rings. The standard InChI is InChI=1S/C19H28N2O5/c1-6-9-21(10-14-7-8-14)17(22)13(4)26-19(24)16-11(2)15(12(3)20-16)18(23)25-5/h13-14,20H,6-10H2,1-5H3. The molecule has 1 unspecified atom stereocenters. The van der Waals surface area contributed by atoms with Gasteiger partial charge in [-0.2, -0.15) is 0 Å². The van der Waals surface area contributed by atoms with Crippen LogP contribution in [0, 0.1) is 19.8 Å². The molecular weight excluding hydrogens is 336 g/mol. The maximum absolute atomic E-state index is 12.6. The molecule has 1 aromatic rings. The zero-order valence-corrected chi connectivity index (χ0v) is 16.2. The van der Waals surface area contributed by atoms with E-state index in [-0.39, 0.29) is 11.6 Å². The van der Waals surface area contributed by atoms with Crippen LogP contribution in [0.3, 0.4) is 0 Å². The second-order valence-corrected chi connectivity index (χ2v) is 6.89. The number of hydrogen-bond acceptors (Lipinski definition) is 5. The fraction of sp³-hybridized carbons (Fsp3) is 0.632. The van der Waals surface area contributed by atoms with E-state index in [0.717, 1.165) is 25.8 Å². The number of esters is 2. The van der Waals surface area contributed by atoms with Gasteiger partial charge in [0, 0.05) is 18.8 Å². The number of aromatic amines is 1. The van der Waals surface area contributed by atoms with Crippen LogP contribution < -0.4 is 0 Å². The van der Waals surface area contributed by atoms with Crippen LogP contribution in [0.4, 0.5) is 0 Å². The van der Waals surface area contributed by atoms with E-state index in [2.05, 4.69) is 4.98 Å². The summed E-state index contributed by atoms with van der Waals surface area (Å²) in [5.41, 5.74) is 1.48. The molecule has 144 valence electrons. The smallest absolute Gasteiger partial charge is 0.355 e. The van der Waals surface area contributed by atoms with Crippen molar-refractivity contribution >= 4 is 17.8 Å². The number of carbonyl (C=O) groups excluding carboxylic acids is 3. The maximum Gasteiger partial charge on any atom is 0.355 e. The first-order valence-electron chi connectivity index (χ1n) is 9.07. The van der Waals surface area contributed by atoms with Crippen molar-refractivity contribution in [2.24, 2.45) is 5.92 Å². The van der Waals surface area contributed by atoms with Gasteiger partial charge in [0.25, 0.3) is 5.91 Å². The Morgan fingerprint density at radius 2 is 1.88 bits per heavy atom. The van der Waals surface area contributed by atoms with E-state index in [0.29, 0.717) is 29.3 Å². The van der Waals surface area contributed by atoms with E-state index >= 15 is 0 Å². The number of methoxy groups -OCH3 is 1. The number of rotatable bonds is 8. The topological polar surface area (TPSA) is 88.7 Å². The van der Waals surface area contributed by atoms with Crippen molar-refractivity contribution < 1.29 is 23.9 Å². The van der Waals surface area contributed by atoms with E-state index in [1.807, 2.05) is 6.92 Å². The zero-order chi connectivity index (χ0) is 19.4. The molecule has 7 nitrogen and oxygen atoms in total. The Morgan fingerprint density at radius 3 is 2.42 bits per heavy atom.